The molecule has 2 unspecified atom stereocenters. The number of carbonyl (C=O) groups is 2. The van der Waals surface area contributed by atoms with Gasteiger partial charge in [0.2, 0.25) is 6.23 Å². The van der Waals surface area contributed by atoms with Crippen LogP contribution in [0.1, 0.15) is 13.3 Å². The molecule has 0 aromatic rings. The van der Waals surface area contributed by atoms with E-state index in [0.717, 1.165) is 0 Å². The molecule has 0 aromatic carbocycles. The molecule has 1 radical (unpaired) electrons. The number of aliphatic hydroxyl groups is 2. The lowest BCUT2D eigenvalue weighted by molar-refractivity contribution is -0.161. The van der Waals surface area contributed by atoms with E-state index in [4.69, 9.17) is 10.2 Å². The van der Waals surface area contributed by atoms with Gasteiger partial charge in [-0.15, -0.1) is 0 Å². The zero-order valence-corrected chi connectivity index (χ0v) is 8.30. The van der Waals surface area contributed by atoms with Gasteiger partial charge in [0, 0.05) is 6.42 Å². The predicted molar refractivity (Wildman–Crippen MR) is 47.0 cm³/mol. The molecule has 0 spiro atoms. The van der Waals surface area contributed by atoms with Gasteiger partial charge in [-0.1, -0.05) is 6.92 Å². The van der Waals surface area contributed by atoms with E-state index in [-0.39, 0.29) is 6.42 Å². The Bertz CT molecular complexity index is 201. The molecule has 0 aliphatic carbocycles. The Labute approximate surface area is 86.7 Å². The summed E-state index contributed by atoms with van der Waals surface area (Å²) in [5.41, 5.74) is 0. The number of aliphatic hydroxyl groups excluding tert-OH is 2. The molecule has 7 heteroatoms. The normalized spacial score (nSPS) is 14.1. The highest BCUT2D eigenvalue weighted by Gasteiger charge is 2.23. The average molecular weight is 220 g/mol. The number of amides is 1. The van der Waals surface area contributed by atoms with Gasteiger partial charge in [0.05, 0.1) is 6.61 Å². The highest BCUT2D eigenvalue weighted by Crippen LogP contribution is 1.98. The summed E-state index contributed by atoms with van der Waals surface area (Å²) in [7, 11) is 0. The molecular formula is C8H14NO6. The van der Waals surface area contributed by atoms with Gasteiger partial charge in [-0.05, 0) is 0 Å². The number of esters is 1. The molecular weight excluding hydrogens is 206 g/mol. The van der Waals surface area contributed by atoms with Crippen LogP contribution in [0, 0.1) is 0 Å². The molecule has 0 rings (SSSR count). The monoisotopic (exact) mass is 220 g/mol. The van der Waals surface area contributed by atoms with Gasteiger partial charge >= 0.3 is 5.97 Å². The van der Waals surface area contributed by atoms with E-state index in [2.05, 4.69) is 4.74 Å². The van der Waals surface area contributed by atoms with Crippen molar-refractivity contribution in [2.75, 3.05) is 13.2 Å². The first-order valence-electron chi connectivity index (χ1n) is 4.41. The summed E-state index contributed by atoms with van der Waals surface area (Å²) in [5.74, 6) is -1.57. The summed E-state index contributed by atoms with van der Waals surface area (Å²) >= 11 is 0. The van der Waals surface area contributed by atoms with Gasteiger partial charge in [-0.3, -0.25) is 9.59 Å². The second-order valence-electron chi connectivity index (χ2n) is 2.73. The summed E-state index contributed by atoms with van der Waals surface area (Å²) in [4.78, 5) is 21.6. The minimum absolute atomic E-state index is 0.0574. The standard InChI is InChI=1S/C8H14NO6/c1-2-7(14)15-8(5(12)3-10)9-6(13)4-11/h5,8,10,12H,2-4H2,1H3,(H,9,13). The number of ether oxygens (including phenoxy) is 1. The van der Waals surface area contributed by atoms with E-state index in [1.807, 2.05) is 5.32 Å². The van der Waals surface area contributed by atoms with Gasteiger partial charge in [0.15, 0.2) is 6.61 Å². The Morgan fingerprint density at radius 1 is 1.47 bits per heavy atom. The second kappa shape index (κ2) is 7.16. The third-order valence-corrected chi connectivity index (χ3v) is 1.52. The molecule has 0 aromatic heterocycles. The number of nitrogens with one attached hydrogen (secondary N) is 1. The molecule has 0 saturated carbocycles. The molecule has 0 aliphatic heterocycles. The van der Waals surface area contributed by atoms with Gasteiger partial charge in [-0.25, -0.2) is 5.11 Å². The molecule has 0 fully saturated rings. The lowest BCUT2D eigenvalue weighted by Gasteiger charge is -2.21. The summed E-state index contributed by atoms with van der Waals surface area (Å²) < 4.78 is 4.61. The van der Waals surface area contributed by atoms with Crippen molar-refractivity contribution >= 4 is 11.9 Å². The fourth-order valence-corrected chi connectivity index (χ4v) is 0.725. The average Bonchev–Trinajstić information content (AvgIpc) is 2.26. The van der Waals surface area contributed by atoms with Crippen molar-refractivity contribution in [3.8, 4) is 0 Å². The molecule has 0 saturated heterocycles. The Balaban J connectivity index is 4.30. The summed E-state index contributed by atoms with van der Waals surface area (Å²) in [5, 5.41) is 29.9. The summed E-state index contributed by atoms with van der Waals surface area (Å²) in [6.07, 6.45) is -2.78. The van der Waals surface area contributed by atoms with Gasteiger partial charge in [0.25, 0.3) is 5.91 Å². The van der Waals surface area contributed by atoms with Crippen LogP contribution in [0.15, 0.2) is 0 Å². The highest BCUT2D eigenvalue weighted by atomic mass is 16.6. The first kappa shape index (κ1) is 13.8. The zero-order valence-electron chi connectivity index (χ0n) is 8.30. The van der Waals surface area contributed by atoms with Crippen LogP contribution in [0.25, 0.3) is 0 Å². The van der Waals surface area contributed by atoms with Gasteiger partial charge in [-0.2, -0.15) is 0 Å². The smallest absolute Gasteiger partial charge is 0.307 e. The molecule has 2 atom stereocenters. The molecule has 0 heterocycles. The summed E-state index contributed by atoms with van der Waals surface area (Å²) in [6.45, 7) is -0.209. The van der Waals surface area contributed by atoms with E-state index in [1.165, 1.54) is 6.92 Å². The van der Waals surface area contributed by atoms with Crippen molar-refractivity contribution in [2.24, 2.45) is 0 Å². The van der Waals surface area contributed by atoms with Crippen molar-refractivity contribution < 1.29 is 29.6 Å². The maximum absolute atomic E-state index is 10.9. The first-order chi connectivity index (χ1) is 7.04. The lowest BCUT2D eigenvalue weighted by Crippen LogP contribution is -2.48. The van der Waals surface area contributed by atoms with E-state index >= 15 is 0 Å². The Morgan fingerprint density at radius 3 is 2.47 bits per heavy atom. The third-order valence-electron chi connectivity index (χ3n) is 1.52. The van der Waals surface area contributed by atoms with Crippen LogP contribution in [0.5, 0.6) is 0 Å². The number of hydrogen-bond donors (Lipinski definition) is 3. The van der Waals surface area contributed by atoms with E-state index in [1.54, 1.807) is 0 Å². The van der Waals surface area contributed by atoms with Crippen molar-refractivity contribution in [1.29, 1.82) is 0 Å². The van der Waals surface area contributed by atoms with Crippen LogP contribution in [-0.2, 0) is 19.4 Å². The number of hydrogen-bond acceptors (Lipinski definition) is 5. The van der Waals surface area contributed by atoms with Crippen molar-refractivity contribution in [1.82, 2.24) is 5.32 Å². The minimum Gasteiger partial charge on any atom is -0.439 e. The van der Waals surface area contributed by atoms with Crippen LogP contribution in [0.4, 0.5) is 0 Å². The Morgan fingerprint density at radius 2 is 2.07 bits per heavy atom. The maximum Gasteiger partial charge on any atom is 0.307 e. The zero-order chi connectivity index (χ0) is 11.8. The maximum atomic E-state index is 10.9. The van der Waals surface area contributed by atoms with Crippen molar-refractivity contribution in [3.63, 3.8) is 0 Å². The molecule has 7 nitrogen and oxygen atoms in total. The second-order valence-corrected chi connectivity index (χ2v) is 2.73. The third kappa shape index (κ3) is 5.31. The van der Waals surface area contributed by atoms with Crippen LogP contribution in [0.2, 0.25) is 0 Å². The summed E-state index contributed by atoms with van der Waals surface area (Å²) in [6, 6.07) is 0. The Hall–Kier alpha value is -1.18. The molecule has 0 aliphatic rings. The molecule has 87 valence electrons. The van der Waals surface area contributed by atoms with Crippen LogP contribution in [0.3, 0.4) is 0 Å². The van der Waals surface area contributed by atoms with Crippen LogP contribution in [-0.4, -0.2) is 47.6 Å². The largest absolute Gasteiger partial charge is 0.439 e. The molecule has 3 N–H and O–H groups in total. The quantitative estimate of drug-likeness (QED) is 0.359. The van der Waals surface area contributed by atoms with Gasteiger partial charge in [0.1, 0.15) is 6.10 Å². The first-order valence-corrected chi connectivity index (χ1v) is 4.41. The minimum atomic E-state index is -1.45. The van der Waals surface area contributed by atoms with Crippen molar-refractivity contribution in [3.05, 3.63) is 0 Å². The fraction of sp³-hybridized carbons (Fsp3) is 0.750. The lowest BCUT2D eigenvalue weighted by atomic mass is 10.3. The van der Waals surface area contributed by atoms with Crippen LogP contribution < -0.4 is 5.32 Å². The van der Waals surface area contributed by atoms with Crippen molar-refractivity contribution in [2.45, 2.75) is 25.7 Å². The van der Waals surface area contributed by atoms with Gasteiger partial charge < -0.3 is 20.3 Å². The van der Waals surface area contributed by atoms with E-state index in [9.17, 15) is 14.7 Å². The van der Waals surface area contributed by atoms with E-state index < -0.39 is 37.4 Å². The topological polar surface area (TPSA) is 116 Å². The predicted octanol–water partition coefficient (Wildman–Crippen LogP) is -1.83. The SMILES string of the molecule is CCC(=O)OC(NC(=O)C[O])C(O)CO. The number of rotatable bonds is 6. The molecule has 1 amide bonds. The molecule has 0 bridgehead atoms. The fourth-order valence-electron chi connectivity index (χ4n) is 0.725. The number of carbonyl (C=O) groups excluding carboxylic acids is 2. The molecule has 15 heavy (non-hydrogen) atoms. The van der Waals surface area contributed by atoms with E-state index in [0.29, 0.717) is 0 Å². The van der Waals surface area contributed by atoms with Crippen LogP contribution >= 0.6 is 0 Å². The highest BCUT2D eigenvalue weighted by molar-refractivity contribution is 5.77. The Kier molecular flexibility index (Phi) is 6.59.